The smallest absolute Gasteiger partial charge is 0.272 e. The summed E-state index contributed by atoms with van der Waals surface area (Å²) in [5, 5.41) is 9.24. The van der Waals surface area contributed by atoms with Crippen molar-refractivity contribution in [1.29, 1.82) is 0 Å². The number of aliphatic hydroxyl groups excluding tert-OH is 1. The van der Waals surface area contributed by atoms with Crippen molar-refractivity contribution in [2.45, 2.75) is 12.8 Å². The first-order chi connectivity index (χ1) is 9.29. The molecule has 0 spiro atoms. The van der Waals surface area contributed by atoms with Crippen LogP contribution in [0, 0.1) is 5.92 Å². The van der Waals surface area contributed by atoms with Gasteiger partial charge in [0.2, 0.25) is 0 Å². The molecular weight excluding hydrogens is 242 g/mol. The molecule has 0 saturated carbocycles. The summed E-state index contributed by atoms with van der Waals surface area (Å²) < 4.78 is 1.81. The van der Waals surface area contributed by atoms with Crippen molar-refractivity contribution in [3.8, 4) is 0 Å². The zero-order valence-electron chi connectivity index (χ0n) is 10.7. The number of imidazole rings is 1. The van der Waals surface area contributed by atoms with Crippen LogP contribution in [0.25, 0.3) is 5.65 Å². The number of rotatable bonds is 2. The molecule has 0 aliphatic carbocycles. The fraction of sp³-hybridized carbons (Fsp3) is 0.429. The number of aromatic nitrogens is 2. The minimum atomic E-state index is -0.00292. The maximum Gasteiger partial charge on any atom is 0.272 e. The Morgan fingerprint density at radius 3 is 3.21 bits per heavy atom. The van der Waals surface area contributed by atoms with Crippen LogP contribution in [-0.4, -0.2) is 45.0 Å². The highest BCUT2D eigenvalue weighted by Crippen LogP contribution is 2.18. The van der Waals surface area contributed by atoms with Gasteiger partial charge in [0.1, 0.15) is 11.3 Å². The number of nitrogens with zero attached hydrogens (tertiary/aromatic N) is 3. The van der Waals surface area contributed by atoms with Crippen LogP contribution in [0.1, 0.15) is 23.3 Å². The number of carbonyl (C=O) groups is 1. The summed E-state index contributed by atoms with van der Waals surface area (Å²) in [4.78, 5) is 18.6. The molecule has 0 radical (unpaired) electrons. The molecule has 100 valence electrons. The fourth-order valence-electron chi connectivity index (χ4n) is 2.65. The molecule has 3 rings (SSSR count). The van der Waals surface area contributed by atoms with Gasteiger partial charge in [0.15, 0.2) is 0 Å². The Bertz CT molecular complexity index is 593. The van der Waals surface area contributed by atoms with Crippen molar-refractivity contribution in [3.63, 3.8) is 0 Å². The molecular formula is C14H17N3O2. The summed E-state index contributed by atoms with van der Waals surface area (Å²) in [5.41, 5.74) is 1.37. The van der Waals surface area contributed by atoms with Crippen molar-refractivity contribution in [3.05, 3.63) is 36.3 Å². The Hall–Kier alpha value is -1.88. The zero-order valence-corrected chi connectivity index (χ0v) is 10.7. The number of fused-ring (bicyclic) bond motifs is 1. The Kier molecular flexibility index (Phi) is 3.21. The number of likely N-dealkylation sites (tertiary alicyclic amines) is 1. The molecule has 19 heavy (non-hydrogen) atoms. The van der Waals surface area contributed by atoms with E-state index in [0.29, 0.717) is 12.2 Å². The molecule has 3 heterocycles. The standard InChI is InChI=1S/C14H17N3O2/c18-10-11-4-3-6-16(9-11)14(19)12-8-15-13-5-1-2-7-17(12)13/h1-2,5,7-8,11,18H,3-4,6,9-10H2. The molecule has 1 unspecified atom stereocenters. The first kappa shape index (κ1) is 12.2. The summed E-state index contributed by atoms with van der Waals surface area (Å²) in [6.45, 7) is 1.54. The van der Waals surface area contributed by atoms with E-state index in [-0.39, 0.29) is 18.4 Å². The fourth-order valence-corrected chi connectivity index (χ4v) is 2.65. The third kappa shape index (κ3) is 2.21. The van der Waals surface area contributed by atoms with Crippen LogP contribution in [0.5, 0.6) is 0 Å². The number of amides is 1. The van der Waals surface area contributed by atoms with Crippen molar-refractivity contribution in [2.75, 3.05) is 19.7 Å². The van der Waals surface area contributed by atoms with Gasteiger partial charge in [-0.15, -0.1) is 0 Å². The topological polar surface area (TPSA) is 57.8 Å². The number of carbonyl (C=O) groups excluding carboxylic acids is 1. The first-order valence-corrected chi connectivity index (χ1v) is 6.62. The molecule has 1 aliphatic rings. The van der Waals surface area contributed by atoms with Crippen LogP contribution in [0.4, 0.5) is 0 Å². The number of piperidine rings is 1. The van der Waals surface area contributed by atoms with E-state index in [1.165, 1.54) is 0 Å². The van der Waals surface area contributed by atoms with E-state index in [2.05, 4.69) is 4.98 Å². The first-order valence-electron chi connectivity index (χ1n) is 6.62. The lowest BCUT2D eigenvalue weighted by molar-refractivity contribution is 0.0614. The van der Waals surface area contributed by atoms with Gasteiger partial charge < -0.3 is 10.0 Å². The lowest BCUT2D eigenvalue weighted by atomic mass is 9.99. The van der Waals surface area contributed by atoms with Crippen LogP contribution in [0.3, 0.4) is 0 Å². The van der Waals surface area contributed by atoms with Crippen molar-refractivity contribution in [2.24, 2.45) is 5.92 Å². The molecule has 2 aromatic heterocycles. The van der Waals surface area contributed by atoms with Gasteiger partial charge in [-0.05, 0) is 30.9 Å². The van der Waals surface area contributed by atoms with Crippen LogP contribution < -0.4 is 0 Å². The van der Waals surface area contributed by atoms with Crippen molar-refractivity contribution in [1.82, 2.24) is 14.3 Å². The van der Waals surface area contributed by atoms with E-state index in [4.69, 9.17) is 0 Å². The molecule has 1 saturated heterocycles. The lowest BCUT2D eigenvalue weighted by Gasteiger charge is -2.31. The molecule has 2 aromatic rings. The Morgan fingerprint density at radius 2 is 2.37 bits per heavy atom. The number of aliphatic hydroxyl groups is 1. The third-order valence-corrected chi connectivity index (χ3v) is 3.70. The highest BCUT2D eigenvalue weighted by atomic mass is 16.3. The maximum atomic E-state index is 12.5. The number of pyridine rings is 1. The predicted molar refractivity (Wildman–Crippen MR) is 70.9 cm³/mol. The molecule has 5 nitrogen and oxygen atoms in total. The van der Waals surface area contributed by atoms with E-state index in [1.807, 2.05) is 33.7 Å². The van der Waals surface area contributed by atoms with Gasteiger partial charge in [0.25, 0.3) is 5.91 Å². The summed E-state index contributed by atoms with van der Waals surface area (Å²) in [5.74, 6) is 0.203. The van der Waals surface area contributed by atoms with Gasteiger partial charge in [-0.3, -0.25) is 9.20 Å². The molecule has 0 aromatic carbocycles. The average Bonchev–Trinajstić information content (AvgIpc) is 2.90. The maximum absolute atomic E-state index is 12.5. The molecule has 1 amide bonds. The van der Waals surface area contributed by atoms with Gasteiger partial charge in [-0.1, -0.05) is 6.07 Å². The van der Waals surface area contributed by atoms with E-state index in [1.54, 1.807) is 6.20 Å². The van der Waals surface area contributed by atoms with Gasteiger partial charge in [-0.25, -0.2) is 4.98 Å². The van der Waals surface area contributed by atoms with Crippen molar-refractivity contribution >= 4 is 11.6 Å². The highest BCUT2D eigenvalue weighted by molar-refractivity contribution is 5.93. The summed E-state index contributed by atoms with van der Waals surface area (Å²) >= 11 is 0. The summed E-state index contributed by atoms with van der Waals surface area (Å²) in [6.07, 6.45) is 5.42. The normalized spacial score (nSPS) is 19.8. The number of hydrogen-bond donors (Lipinski definition) is 1. The van der Waals surface area contributed by atoms with E-state index in [0.717, 1.165) is 25.0 Å². The van der Waals surface area contributed by atoms with Gasteiger partial charge in [0, 0.05) is 25.9 Å². The molecule has 0 bridgehead atoms. The Labute approximate surface area is 111 Å². The van der Waals surface area contributed by atoms with Crippen LogP contribution in [-0.2, 0) is 0 Å². The monoisotopic (exact) mass is 259 g/mol. The van der Waals surface area contributed by atoms with Crippen LogP contribution in [0.2, 0.25) is 0 Å². The van der Waals surface area contributed by atoms with Gasteiger partial charge in [0.05, 0.1) is 6.20 Å². The minimum Gasteiger partial charge on any atom is -0.396 e. The van der Waals surface area contributed by atoms with Crippen LogP contribution >= 0.6 is 0 Å². The minimum absolute atomic E-state index is 0.00292. The van der Waals surface area contributed by atoms with Crippen LogP contribution in [0.15, 0.2) is 30.6 Å². The molecule has 5 heteroatoms. The Morgan fingerprint density at radius 1 is 1.47 bits per heavy atom. The van der Waals surface area contributed by atoms with E-state index in [9.17, 15) is 9.90 Å². The highest BCUT2D eigenvalue weighted by Gasteiger charge is 2.25. The molecule has 1 N–H and O–H groups in total. The van der Waals surface area contributed by atoms with Gasteiger partial charge in [-0.2, -0.15) is 0 Å². The van der Waals surface area contributed by atoms with E-state index >= 15 is 0 Å². The molecule has 1 aliphatic heterocycles. The van der Waals surface area contributed by atoms with Gasteiger partial charge >= 0.3 is 0 Å². The van der Waals surface area contributed by atoms with Crippen molar-refractivity contribution < 1.29 is 9.90 Å². The quantitative estimate of drug-likeness (QED) is 0.881. The Balaban J connectivity index is 1.87. The van der Waals surface area contributed by atoms with E-state index < -0.39 is 0 Å². The average molecular weight is 259 g/mol. The predicted octanol–water partition coefficient (Wildman–Crippen LogP) is 1.18. The zero-order chi connectivity index (χ0) is 13.2. The SMILES string of the molecule is O=C(c1cnc2ccccn12)N1CCCC(CO)C1. The lowest BCUT2D eigenvalue weighted by Crippen LogP contribution is -2.41. The summed E-state index contributed by atoms with van der Waals surface area (Å²) in [7, 11) is 0. The largest absolute Gasteiger partial charge is 0.396 e. The third-order valence-electron chi connectivity index (χ3n) is 3.70. The summed E-state index contributed by atoms with van der Waals surface area (Å²) in [6, 6.07) is 5.67. The molecule has 1 fully saturated rings. The second kappa shape index (κ2) is 5.01. The number of hydrogen-bond acceptors (Lipinski definition) is 3. The molecule has 1 atom stereocenters. The second-order valence-electron chi connectivity index (χ2n) is 5.01. The second-order valence-corrected chi connectivity index (χ2v) is 5.01.